The predicted molar refractivity (Wildman–Crippen MR) is 78.5 cm³/mol. The highest BCUT2D eigenvalue weighted by Gasteiger charge is 2.27. The number of para-hydroxylation sites is 1. The van der Waals surface area contributed by atoms with Crippen LogP contribution in [-0.4, -0.2) is 16.5 Å². The Bertz CT molecular complexity index is 700. The first kappa shape index (κ1) is 14.6. The molecular formula is C10H8Cl3N3O2S. The molecular weight excluding hydrogens is 333 g/mol. The molecule has 5 nitrogen and oxygen atoms in total. The summed E-state index contributed by atoms with van der Waals surface area (Å²) < 4.78 is 1.35. The standard InChI is InChI=1S/C10H8Cl3N3O2S/c1-14-8(17)15(7-5-3-2-4-6-7)16(9(14)18)19-10(11,12)13/h2-6H,1H3. The number of hydrogen-bond donors (Lipinski definition) is 0. The van der Waals surface area contributed by atoms with Crippen molar-refractivity contribution < 1.29 is 0 Å². The van der Waals surface area contributed by atoms with Crippen LogP contribution in [0.15, 0.2) is 39.9 Å². The van der Waals surface area contributed by atoms with Gasteiger partial charge in [0.05, 0.1) is 5.69 Å². The number of benzene rings is 1. The zero-order valence-electron chi connectivity index (χ0n) is 9.59. The van der Waals surface area contributed by atoms with Gasteiger partial charge in [-0.25, -0.2) is 14.2 Å². The molecule has 19 heavy (non-hydrogen) atoms. The van der Waals surface area contributed by atoms with Crippen molar-refractivity contribution in [3.63, 3.8) is 0 Å². The number of hydrogen-bond acceptors (Lipinski definition) is 3. The Hall–Kier alpha value is -0.820. The summed E-state index contributed by atoms with van der Waals surface area (Å²) in [7, 11) is 1.36. The maximum Gasteiger partial charge on any atom is 0.357 e. The summed E-state index contributed by atoms with van der Waals surface area (Å²) in [5.74, 6) is 0. The number of alkyl halides is 3. The third-order valence-electron chi connectivity index (χ3n) is 2.29. The van der Waals surface area contributed by atoms with E-state index in [2.05, 4.69) is 0 Å². The third-order valence-corrected chi connectivity index (χ3v) is 3.61. The van der Waals surface area contributed by atoms with Gasteiger partial charge < -0.3 is 0 Å². The average Bonchev–Trinajstić information content (AvgIpc) is 2.54. The summed E-state index contributed by atoms with van der Waals surface area (Å²) in [6.07, 6.45) is 0. The average molecular weight is 341 g/mol. The molecule has 0 bridgehead atoms. The minimum Gasteiger partial charge on any atom is -0.245 e. The van der Waals surface area contributed by atoms with Crippen molar-refractivity contribution in [3.8, 4) is 5.69 Å². The summed E-state index contributed by atoms with van der Waals surface area (Å²) in [4.78, 5) is 24.0. The predicted octanol–water partition coefficient (Wildman–Crippen LogP) is 2.16. The maximum absolute atomic E-state index is 12.1. The Morgan fingerprint density at radius 1 is 1.05 bits per heavy atom. The van der Waals surface area contributed by atoms with E-state index in [9.17, 15) is 9.59 Å². The largest absolute Gasteiger partial charge is 0.357 e. The minimum atomic E-state index is -1.76. The molecule has 0 atom stereocenters. The highest BCUT2D eigenvalue weighted by Crippen LogP contribution is 2.38. The Morgan fingerprint density at radius 2 is 1.63 bits per heavy atom. The summed E-state index contributed by atoms with van der Waals surface area (Å²) >= 11 is 17.6. The van der Waals surface area contributed by atoms with Gasteiger partial charge in [-0.2, -0.15) is 8.77 Å². The van der Waals surface area contributed by atoms with Crippen LogP contribution >= 0.6 is 46.8 Å². The highest BCUT2D eigenvalue weighted by atomic mass is 35.6. The van der Waals surface area contributed by atoms with Gasteiger partial charge in [-0.3, -0.25) is 0 Å². The second kappa shape index (κ2) is 5.28. The number of aromatic nitrogens is 3. The van der Waals surface area contributed by atoms with Gasteiger partial charge in [0.25, 0.3) is 3.12 Å². The fourth-order valence-electron chi connectivity index (χ4n) is 1.48. The van der Waals surface area contributed by atoms with Crippen molar-refractivity contribution in [2.45, 2.75) is 3.12 Å². The van der Waals surface area contributed by atoms with Crippen LogP contribution in [0.2, 0.25) is 0 Å². The van der Waals surface area contributed by atoms with E-state index >= 15 is 0 Å². The van der Waals surface area contributed by atoms with Crippen molar-refractivity contribution in [1.82, 2.24) is 13.3 Å². The fourth-order valence-corrected chi connectivity index (χ4v) is 2.71. The molecule has 0 saturated carbocycles. The summed E-state index contributed by atoms with van der Waals surface area (Å²) in [5.41, 5.74) is -0.588. The van der Waals surface area contributed by atoms with E-state index in [1.165, 1.54) is 7.05 Å². The summed E-state index contributed by atoms with van der Waals surface area (Å²) in [5, 5.41) is 0. The van der Waals surface area contributed by atoms with E-state index in [1.54, 1.807) is 30.3 Å². The van der Waals surface area contributed by atoms with E-state index in [0.717, 1.165) is 13.3 Å². The third kappa shape index (κ3) is 3.02. The summed E-state index contributed by atoms with van der Waals surface area (Å²) in [6, 6.07) is 8.63. The molecule has 0 fully saturated rings. The summed E-state index contributed by atoms with van der Waals surface area (Å²) in [6.45, 7) is 0. The van der Waals surface area contributed by atoms with Crippen molar-refractivity contribution in [2.75, 3.05) is 0 Å². The van der Waals surface area contributed by atoms with Crippen LogP contribution in [0, 0.1) is 0 Å². The van der Waals surface area contributed by atoms with Crippen LogP contribution in [-0.2, 0) is 7.05 Å². The molecule has 1 heterocycles. The second-order valence-electron chi connectivity index (χ2n) is 3.58. The molecule has 0 spiro atoms. The molecule has 0 N–H and O–H groups in total. The number of halogens is 3. The molecule has 0 aliphatic rings. The lowest BCUT2D eigenvalue weighted by molar-refractivity contribution is 0.777. The van der Waals surface area contributed by atoms with Gasteiger partial charge in [0.1, 0.15) is 0 Å². The molecule has 0 radical (unpaired) electrons. The van der Waals surface area contributed by atoms with Crippen LogP contribution in [0.5, 0.6) is 0 Å². The zero-order chi connectivity index (χ0) is 14.2. The van der Waals surface area contributed by atoms with Crippen molar-refractivity contribution in [2.24, 2.45) is 7.05 Å². The lowest BCUT2D eigenvalue weighted by Crippen LogP contribution is -2.25. The number of rotatable bonds is 2. The molecule has 1 aromatic heterocycles. The molecule has 0 aliphatic carbocycles. The molecule has 2 aromatic rings. The Morgan fingerprint density at radius 3 is 2.16 bits per heavy atom. The SMILES string of the molecule is Cn1c(=O)n(SC(Cl)(Cl)Cl)n(-c2ccccc2)c1=O. The van der Waals surface area contributed by atoms with Crippen LogP contribution in [0.4, 0.5) is 0 Å². The maximum atomic E-state index is 12.1. The molecule has 0 amide bonds. The topological polar surface area (TPSA) is 48.9 Å². The van der Waals surface area contributed by atoms with Gasteiger partial charge in [0.15, 0.2) is 0 Å². The first-order chi connectivity index (χ1) is 8.81. The fraction of sp³-hybridized carbons (Fsp3) is 0.200. The highest BCUT2D eigenvalue weighted by molar-refractivity contribution is 8.03. The van der Waals surface area contributed by atoms with E-state index < -0.39 is 14.5 Å². The first-order valence-corrected chi connectivity index (χ1v) is 6.95. The molecule has 9 heteroatoms. The Labute approximate surface area is 127 Å². The van der Waals surface area contributed by atoms with Gasteiger partial charge in [0, 0.05) is 19.0 Å². The van der Waals surface area contributed by atoms with Gasteiger partial charge in [-0.15, -0.1) is 0 Å². The minimum absolute atomic E-state index is 0.506. The van der Waals surface area contributed by atoms with Crippen molar-refractivity contribution >= 4 is 46.8 Å². The molecule has 1 aromatic carbocycles. The van der Waals surface area contributed by atoms with Gasteiger partial charge in [-0.05, 0) is 12.1 Å². The van der Waals surface area contributed by atoms with Crippen LogP contribution < -0.4 is 11.4 Å². The van der Waals surface area contributed by atoms with E-state index in [-0.39, 0.29) is 0 Å². The smallest absolute Gasteiger partial charge is 0.245 e. The van der Waals surface area contributed by atoms with Crippen LogP contribution in [0.3, 0.4) is 0 Å². The molecule has 102 valence electrons. The zero-order valence-corrected chi connectivity index (χ0v) is 12.7. The normalized spacial score (nSPS) is 11.8. The van der Waals surface area contributed by atoms with Gasteiger partial charge in [0.2, 0.25) is 0 Å². The monoisotopic (exact) mass is 339 g/mol. The van der Waals surface area contributed by atoms with Crippen LogP contribution in [0.1, 0.15) is 0 Å². The van der Waals surface area contributed by atoms with Crippen LogP contribution in [0.25, 0.3) is 5.69 Å². The van der Waals surface area contributed by atoms with Gasteiger partial charge in [-0.1, -0.05) is 53.0 Å². The second-order valence-corrected chi connectivity index (χ2v) is 7.68. The van der Waals surface area contributed by atoms with E-state index in [1.807, 2.05) is 0 Å². The van der Waals surface area contributed by atoms with Gasteiger partial charge >= 0.3 is 11.4 Å². The molecule has 2 rings (SSSR count). The quantitative estimate of drug-likeness (QED) is 0.787. The lowest BCUT2D eigenvalue weighted by atomic mass is 10.3. The van der Waals surface area contributed by atoms with Crippen molar-refractivity contribution in [3.05, 3.63) is 51.3 Å². The van der Waals surface area contributed by atoms with E-state index in [0.29, 0.717) is 17.6 Å². The molecule has 0 aliphatic heterocycles. The first-order valence-electron chi connectivity index (χ1n) is 5.04. The van der Waals surface area contributed by atoms with E-state index in [4.69, 9.17) is 34.8 Å². The van der Waals surface area contributed by atoms with Crippen molar-refractivity contribution in [1.29, 1.82) is 0 Å². The lowest BCUT2D eigenvalue weighted by Gasteiger charge is -2.12. The Balaban J connectivity index is 2.70. The Kier molecular flexibility index (Phi) is 4.06. The molecule has 0 saturated heterocycles. The molecule has 0 unspecified atom stereocenters. The number of nitrogens with zero attached hydrogens (tertiary/aromatic N) is 3.